The van der Waals surface area contributed by atoms with Gasteiger partial charge in [0.1, 0.15) is 0 Å². The molecule has 1 aliphatic heterocycles. The van der Waals surface area contributed by atoms with E-state index in [1.54, 1.807) is 12.3 Å². The van der Waals surface area contributed by atoms with Gasteiger partial charge in [0, 0.05) is 19.2 Å². The predicted molar refractivity (Wildman–Crippen MR) is 63.2 cm³/mol. The van der Waals surface area contributed by atoms with Crippen molar-refractivity contribution in [3.05, 3.63) is 17.4 Å². The monoisotopic (exact) mass is 256 g/mol. The van der Waals surface area contributed by atoms with Crippen LogP contribution in [0.2, 0.25) is 5.15 Å². The smallest absolute Gasteiger partial charge is 0.407 e. The number of nitrogens with one attached hydrogen (secondary N) is 1. The van der Waals surface area contributed by atoms with E-state index >= 15 is 0 Å². The molecule has 1 aliphatic rings. The molecule has 0 aliphatic carbocycles. The van der Waals surface area contributed by atoms with Crippen LogP contribution in [0.3, 0.4) is 0 Å². The van der Waals surface area contributed by atoms with Crippen LogP contribution < -0.4 is 10.2 Å². The Morgan fingerprint density at radius 1 is 1.71 bits per heavy atom. The van der Waals surface area contributed by atoms with Crippen molar-refractivity contribution in [2.24, 2.45) is 0 Å². The van der Waals surface area contributed by atoms with Crippen LogP contribution in [0.15, 0.2) is 12.3 Å². The van der Waals surface area contributed by atoms with Crippen molar-refractivity contribution in [2.45, 2.75) is 12.5 Å². The highest BCUT2D eigenvalue weighted by atomic mass is 35.5. The number of methoxy groups -OCH3 is 1. The summed E-state index contributed by atoms with van der Waals surface area (Å²) >= 11 is 5.78. The van der Waals surface area contributed by atoms with Crippen LogP contribution in [-0.4, -0.2) is 42.5 Å². The van der Waals surface area contributed by atoms with E-state index in [-0.39, 0.29) is 6.04 Å². The number of halogens is 1. The summed E-state index contributed by atoms with van der Waals surface area (Å²) in [6, 6.07) is 1.85. The van der Waals surface area contributed by atoms with Gasteiger partial charge in [0.05, 0.1) is 25.0 Å². The Bertz CT molecular complexity index is 415. The van der Waals surface area contributed by atoms with E-state index in [0.717, 1.165) is 25.2 Å². The fraction of sp³-hybridized carbons (Fsp3) is 0.500. The third-order valence-corrected chi connectivity index (χ3v) is 2.86. The predicted octanol–water partition coefficient (Wildman–Crippen LogP) is 1.06. The van der Waals surface area contributed by atoms with Gasteiger partial charge < -0.3 is 15.0 Å². The Kier molecular flexibility index (Phi) is 3.63. The first-order chi connectivity index (χ1) is 8.19. The quantitative estimate of drug-likeness (QED) is 0.857. The summed E-state index contributed by atoms with van der Waals surface area (Å²) in [6.07, 6.45) is 2.13. The third-order valence-electron chi connectivity index (χ3n) is 2.67. The Balaban J connectivity index is 1.96. The van der Waals surface area contributed by atoms with Crippen LogP contribution in [-0.2, 0) is 4.74 Å². The lowest BCUT2D eigenvalue weighted by molar-refractivity contribution is 0.167. The molecular weight excluding hydrogens is 244 g/mol. The molecule has 2 rings (SSSR count). The zero-order chi connectivity index (χ0) is 12.3. The van der Waals surface area contributed by atoms with Gasteiger partial charge in [0.15, 0.2) is 5.15 Å². The molecule has 17 heavy (non-hydrogen) atoms. The molecule has 1 atom stereocenters. The molecule has 1 aromatic heterocycles. The summed E-state index contributed by atoms with van der Waals surface area (Å²) in [5.41, 5.74) is 0.916. The van der Waals surface area contributed by atoms with Gasteiger partial charge in [-0.1, -0.05) is 11.6 Å². The van der Waals surface area contributed by atoms with E-state index in [0.29, 0.717) is 5.15 Å². The molecule has 6 nitrogen and oxygen atoms in total. The molecule has 0 saturated carbocycles. The van der Waals surface area contributed by atoms with Crippen molar-refractivity contribution >= 4 is 23.4 Å². The summed E-state index contributed by atoms with van der Waals surface area (Å²) in [5.74, 6) is 0. The van der Waals surface area contributed by atoms with E-state index in [4.69, 9.17) is 11.6 Å². The Labute approximate surface area is 104 Å². The van der Waals surface area contributed by atoms with E-state index in [1.165, 1.54) is 7.11 Å². The van der Waals surface area contributed by atoms with Crippen molar-refractivity contribution < 1.29 is 9.53 Å². The van der Waals surface area contributed by atoms with Gasteiger partial charge in [-0.3, -0.25) is 0 Å². The van der Waals surface area contributed by atoms with Crippen LogP contribution >= 0.6 is 11.6 Å². The molecule has 1 fully saturated rings. The van der Waals surface area contributed by atoms with Crippen molar-refractivity contribution in [1.29, 1.82) is 0 Å². The number of carbonyl (C=O) groups excluding carboxylic acids is 1. The molecule has 0 radical (unpaired) electrons. The van der Waals surface area contributed by atoms with Gasteiger partial charge in [-0.25, -0.2) is 4.79 Å². The molecule has 1 saturated heterocycles. The fourth-order valence-electron chi connectivity index (χ4n) is 1.84. The minimum Gasteiger partial charge on any atom is -0.453 e. The zero-order valence-corrected chi connectivity index (χ0v) is 10.1. The average molecular weight is 257 g/mol. The molecule has 1 unspecified atom stereocenters. The molecule has 92 valence electrons. The van der Waals surface area contributed by atoms with E-state index in [2.05, 4.69) is 25.2 Å². The van der Waals surface area contributed by atoms with E-state index in [9.17, 15) is 4.79 Å². The maximum Gasteiger partial charge on any atom is 0.407 e. The summed E-state index contributed by atoms with van der Waals surface area (Å²) in [7, 11) is 1.36. The first-order valence-electron chi connectivity index (χ1n) is 5.26. The summed E-state index contributed by atoms with van der Waals surface area (Å²) in [4.78, 5) is 13.2. The maximum absolute atomic E-state index is 11.1. The number of anilines is 1. The Morgan fingerprint density at radius 2 is 2.53 bits per heavy atom. The lowest BCUT2D eigenvalue weighted by atomic mass is 10.3. The van der Waals surface area contributed by atoms with Crippen molar-refractivity contribution in [3.63, 3.8) is 0 Å². The van der Waals surface area contributed by atoms with E-state index < -0.39 is 6.09 Å². The standard InChI is InChI=1S/C10H13ClN4O2/c1-17-10(16)13-7-2-3-15(6-7)8-4-9(11)14-12-5-8/h4-5,7H,2-3,6H2,1H3,(H,13,16). The Morgan fingerprint density at radius 3 is 3.24 bits per heavy atom. The lowest BCUT2D eigenvalue weighted by Crippen LogP contribution is -2.36. The highest BCUT2D eigenvalue weighted by Gasteiger charge is 2.24. The molecule has 1 amide bonds. The first-order valence-corrected chi connectivity index (χ1v) is 5.64. The minimum absolute atomic E-state index is 0.0920. The highest BCUT2D eigenvalue weighted by Crippen LogP contribution is 2.21. The number of hydrogen-bond donors (Lipinski definition) is 1. The number of rotatable bonds is 2. The van der Waals surface area contributed by atoms with Crippen LogP contribution in [0.5, 0.6) is 0 Å². The molecule has 1 aromatic rings. The molecular formula is C10H13ClN4O2. The molecule has 7 heteroatoms. The third kappa shape index (κ3) is 2.97. The number of hydrogen-bond acceptors (Lipinski definition) is 5. The first kappa shape index (κ1) is 11.9. The SMILES string of the molecule is COC(=O)NC1CCN(c2cnnc(Cl)c2)C1. The van der Waals surface area contributed by atoms with Gasteiger partial charge in [-0.2, -0.15) is 5.10 Å². The molecule has 0 bridgehead atoms. The van der Waals surface area contributed by atoms with Crippen molar-refractivity contribution in [2.75, 3.05) is 25.1 Å². The summed E-state index contributed by atoms with van der Waals surface area (Å²) < 4.78 is 4.56. The summed E-state index contributed by atoms with van der Waals surface area (Å²) in [6.45, 7) is 1.56. The lowest BCUT2D eigenvalue weighted by Gasteiger charge is -2.18. The number of alkyl carbamates (subject to hydrolysis) is 1. The molecule has 1 N–H and O–H groups in total. The van der Waals surface area contributed by atoms with E-state index in [1.807, 2.05) is 0 Å². The fourth-order valence-corrected chi connectivity index (χ4v) is 2.00. The second kappa shape index (κ2) is 5.18. The maximum atomic E-state index is 11.1. The van der Waals surface area contributed by atoms with Gasteiger partial charge in [-0.05, 0) is 6.42 Å². The number of aromatic nitrogens is 2. The van der Waals surface area contributed by atoms with Gasteiger partial charge in [0.2, 0.25) is 0 Å². The van der Waals surface area contributed by atoms with Gasteiger partial charge in [-0.15, -0.1) is 5.10 Å². The second-order valence-electron chi connectivity index (χ2n) is 3.80. The highest BCUT2D eigenvalue weighted by molar-refractivity contribution is 6.29. The second-order valence-corrected chi connectivity index (χ2v) is 4.19. The number of amides is 1. The van der Waals surface area contributed by atoms with Crippen molar-refractivity contribution in [1.82, 2.24) is 15.5 Å². The van der Waals surface area contributed by atoms with Crippen LogP contribution in [0, 0.1) is 0 Å². The number of ether oxygens (including phenoxy) is 1. The van der Waals surface area contributed by atoms with Gasteiger partial charge >= 0.3 is 6.09 Å². The molecule has 0 aromatic carbocycles. The molecule has 2 heterocycles. The normalized spacial score (nSPS) is 19.2. The summed E-state index contributed by atoms with van der Waals surface area (Å²) in [5, 5.41) is 10.6. The minimum atomic E-state index is -0.400. The largest absolute Gasteiger partial charge is 0.453 e. The Hall–Kier alpha value is -1.56. The number of carbonyl (C=O) groups is 1. The van der Waals surface area contributed by atoms with Gasteiger partial charge in [0.25, 0.3) is 0 Å². The average Bonchev–Trinajstić information content (AvgIpc) is 2.77. The topological polar surface area (TPSA) is 67.3 Å². The molecule has 0 spiro atoms. The van der Waals surface area contributed by atoms with Crippen LogP contribution in [0.4, 0.5) is 10.5 Å². The number of nitrogens with zero attached hydrogens (tertiary/aromatic N) is 3. The van der Waals surface area contributed by atoms with Crippen molar-refractivity contribution in [3.8, 4) is 0 Å². The van der Waals surface area contributed by atoms with Crippen LogP contribution in [0.25, 0.3) is 0 Å². The van der Waals surface area contributed by atoms with Crippen LogP contribution in [0.1, 0.15) is 6.42 Å². The zero-order valence-electron chi connectivity index (χ0n) is 9.39.